The van der Waals surface area contributed by atoms with E-state index >= 15 is 0 Å². The predicted octanol–water partition coefficient (Wildman–Crippen LogP) is 1.42. The van der Waals surface area contributed by atoms with E-state index in [9.17, 15) is 5.11 Å². The summed E-state index contributed by atoms with van der Waals surface area (Å²) in [6.45, 7) is 1.92. The lowest BCUT2D eigenvalue weighted by atomic mass is 10.0. The topological polar surface area (TPSA) is 49.7 Å². The van der Waals surface area contributed by atoms with Gasteiger partial charge in [0.2, 0.25) is 0 Å². The van der Waals surface area contributed by atoms with E-state index < -0.39 is 6.10 Å². The number of aliphatic hydroxyl groups is 2. The van der Waals surface area contributed by atoms with Gasteiger partial charge >= 0.3 is 0 Å². The Hall–Kier alpha value is -1.06. The zero-order valence-electron chi connectivity index (χ0n) is 8.53. The van der Waals surface area contributed by atoms with Crippen LogP contribution in [0.5, 0.6) is 5.75 Å². The van der Waals surface area contributed by atoms with Crippen molar-refractivity contribution in [1.82, 2.24) is 0 Å². The Morgan fingerprint density at radius 2 is 2.14 bits per heavy atom. The molecule has 0 bridgehead atoms. The van der Waals surface area contributed by atoms with Gasteiger partial charge in [-0.05, 0) is 19.1 Å². The molecule has 1 rings (SSSR count). The fourth-order valence-electron chi connectivity index (χ4n) is 1.39. The molecule has 0 heterocycles. The number of rotatable bonds is 4. The number of aliphatic hydroxyl groups excluding tert-OH is 2. The van der Waals surface area contributed by atoms with Gasteiger partial charge < -0.3 is 14.9 Å². The first kappa shape index (κ1) is 11.0. The Morgan fingerprint density at radius 1 is 1.43 bits per heavy atom. The van der Waals surface area contributed by atoms with E-state index in [2.05, 4.69) is 0 Å². The second-order valence-electron chi connectivity index (χ2n) is 3.27. The first-order valence-electron chi connectivity index (χ1n) is 4.62. The molecule has 3 heteroatoms. The average molecular weight is 196 g/mol. The Morgan fingerprint density at radius 3 is 2.71 bits per heavy atom. The first-order valence-corrected chi connectivity index (χ1v) is 4.62. The van der Waals surface area contributed by atoms with Gasteiger partial charge in [-0.25, -0.2) is 0 Å². The third kappa shape index (κ3) is 2.47. The van der Waals surface area contributed by atoms with Gasteiger partial charge in [0, 0.05) is 18.6 Å². The summed E-state index contributed by atoms with van der Waals surface area (Å²) in [4.78, 5) is 0. The van der Waals surface area contributed by atoms with Gasteiger partial charge in [-0.1, -0.05) is 11.6 Å². The molecule has 0 aliphatic carbocycles. The van der Waals surface area contributed by atoms with Crippen molar-refractivity contribution in [2.24, 2.45) is 0 Å². The van der Waals surface area contributed by atoms with Crippen LogP contribution in [-0.4, -0.2) is 23.9 Å². The Labute approximate surface area is 84.0 Å². The molecule has 0 saturated heterocycles. The summed E-state index contributed by atoms with van der Waals surface area (Å²) in [6, 6.07) is 5.62. The predicted molar refractivity (Wildman–Crippen MR) is 54.4 cm³/mol. The molecule has 0 fully saturated rings. The van der Waals surface area contributed by atoms with Gasteiger partial charge in [-0.2, -0.15) is 0 Å². The lowest BCUT2D eigenvalue weighted by Crippen LogP contribution is -2.03. The van der Waals surface area contributed by atoms with Crippen LogP contribution in [0.4, 0.5) is 0 Å². The number of benzene rings is 1. The molecule has 78 valence electrons. The maximum atomic E-state index is 9.72. The van der Waals surface area contributed by atoms with Crippen molar-refractivity contribution in [3.63, 3.8) is 0 Å². The van der Waals surface area contributed by atoms with E-state index in [0.717, 1.165) is 11.1 Å². The zero-order valence-corrected chi connectivity index (χ0v) is 8.53. The molecule has 1 unspecified atom stereocenters. The molecule has 0 amide bonds. The quantitative estimate of drug-likeness (QED) is 0.765. The number of hydrogen-bond acceptors (Lipinski definition) is 3. The largest absolute Gasteiger partial charge is 0.496 e. The molecule has 1 aromatic carbocycles. The maximum Gasteiger partial charge on any atom is 0.124 e. The van der Waals surface area contributed by atoms with Crippen LogP contribution in [0.1, 0.15) is 23.7 Å². The minimum Gasteiger partial charge on any atom is -0.496 e. The normalized spacial score (nSPS) is 12.6. The van der Waals surface area contributed by atoms with Gasteiger partial charge in [0.1, 0.15) is 5.75 Å². The molecular weight excluding hydrogens is 180 g/mol. The Bertz CT molecular complexity index is 297. The molecule has 3 nitrogen and oxygen atoms in total. The Kier molecular flexibility index (Phi) is 3.92. The van der Waals surface area contributed by atoms with Crippen molar-refractivity contribution < 1.29 is 14.9 Å². The summed E-state index contributed by atoms with van der Waals surface area (Å²) < 4.78 is 5.13. The number of methoxy groups -OCH3 is 1. The van der Waals surface area contributed by atoms with Gasteiger partial charge in [0.05, 0.1) is 13.2 Å². The number of aryl methyl sites for hydroxylation is 1. The Balaban J connectivity index is 2.97. The van der Waals surface area contributed by atoms with Crippen LogP contribution in [0, 0.1) is 6.92 Å². The van der Waals surface area contributed by atoms with Crippen LogP contribution in [0.15, 0.2) is 18.2 Å². The monoisotopic (exact) mass is 196 g/mol. The van der Waals surface area contributed by atoms with E-state index in [0.29, 0.717) is 12.2 Å². The molecule has 14 heavy (non-hydrogen) atoms. The molecule has 1 aromatic rings. The third-order valence-corrected chi connectivity index (χ3v) is 2.15. The van der Waals surface area contributed by atoms with Crippen LogP contribution in [0.2, 0.25) is 0 Å². The van der Waals surface area contributed by atoms with E-state index in [1.807, 2.05) is 25.1 Å². The van der Waals surface area contributed by atoms with Crippen molar-refractivity contribution in [2.75, 3.05) is 13.7 Å². The third-order valence-electron chi connectivity index (χ3n) is 2.15. The number of ether oxygens (including phenoxy) is 1. The fraction of sp³-hybridized carbons (Fsp3) is 0.455. The molecule has 0 aromatic heterocycles. The highest BCUT2D eigenvalue weighted by Gasteiger charge is 2.12. The standard InChI is InChI=1S/C11H16O3/c1-8-3-4-11(14-2)9(7-8)10(13)5-6-12/h3-4,7,10,12-13H,5-6H2,1-2H3. The highest BCUT2D eigenvalue weighted by atomic mass is 16.5. The van der Waals surface area contributed by atoms with Crippen molar-refractivity contribution in [3.05, 3.63) is 29.3 Å². The SMILES string of the molecule is COc1ccc(C)cc1C(O)CCO. The van der Waals surface area contributed by atoms with Crippen molar-refractivity contribution in [2.45, 2.75) is 19.4 Å². The number of hydrogen-bond donors (Lipinski definition) is 2. The van der Waals surface area contributed by atoms with Gasteiger partial charge in [-0.3, -0.25) is 0 Å². The molecular formula is C11H16O3. The van der Waals surface area contributed by atoms with E-state index in [1.54, 1.807) is 7.11 Å². The molecule has 0 saturated carbocycles. The summed E-state index contributed by atoms with van der Waals surface area (Å²) in [6.07, 6.45) is -0.324. The zero-order chi connectivity index (χ0) is 10.6. The van der Waals surface area contributed by atoms with E-state index in [-0.39, 0.29) is 6.61 Å². The van der Waals surface area contributed by atoms with Crippen LogP contribution in [0.3, 0.4) is 0 Å². The van der Waals surface area contributed by atoms with Gasteiger partial charge in [0.25, 0.3) is 0 Å². The maximum absolute atomic E-state index is 9.72. The van der Waals surface area contributed by atoms with E-state index in [4.69, 9.17) is 9.84 Å². The van der Waals surface area contributed by atoms with Crippen LogP contribution < -0.4 is 4.74 Å². The minimum absolute atomic E-state index is 0.0295. The second kappa shape index (κ2) is 4.98. The molecule has 1 atom stereocenters. The average Bonchev–Trinajstić information content (AvgIpc) is 2.18. The van der Waals surface area contributed by atoms with Crippen LogP contribution >= 0.6 is 0 Å². The van der Waals surface area contributed by atoms with Gasteiger partial charge in [0.15, 0.2) is 0 Å². The summed E-state index contributed by atoms with van der Waals surface area (Å²) in [5.74, 6) is 0.663. The van der Waals surface area contributed by atoms with Gasteiger partial charge in [-0.15, -0.1) is 0 Å². The lowest BCUT2D eigenvalue weighted by Gasteiger charge is -2.14. The summed E-state index contributed by atoms with van der Waals surface area (Å²) in [5, 5.41) is 18.4. The van der Waals surface area contributed by atoms with Crippen molar-refractivity contribution >= 4 is 0 Å². The summed E-state index contributed by atoms with van der Waals surface area (Å²) in [7, 11) is 1.57. The second-order valence-corrected chi connectivity index (χ2v) is 3.27. The fourth-order valence-corrected chi connectivity index (χ4v) is 1.39. The minimum atomic E-state index is -0.658. The lowest BCUT2D eigenvalue weighted by molar-refractivity contribution is 0.131. The highest BCUT2D eigenvalue weighted by molar-refractivity contribution is 5.38. The smallest absolute Gasteiger partial charge is 0.124 e. The first-order chi connectivity index (χ1) is 6.69. The molecule has 0 radical (unpaired) electrons. The van der Waals surface area contributed by atoms with Crippen LogP contribution in [0.25, 0.3) is 0 Å². The molecule has 0 aliphatic rings. The summed E-state index contributed by atoms with van der Waals surface area (Å²) >= 11 is 0. The molecule has 0 aliphatic heterocycles. The highest BCUT2D eigenvalue weighted by Crippen LogP contribution is 2.27. The summed E-state index contributed by atoms with van der Waals surface area (Å²) in [5.41, 5.74) is 1.80. The van der Waals surface area contributed by atoms with Crippen molar-refractivity contribution in [1.29, 1.82) is 0 Å². The van der Waals surface area contributed by atoms with E-state index in [1.165, 1.54) is 0 Å². The molecule has 2 N–H and O–H groups in total. The molecule has 0 spiro atoms. The van der Waals surface area contributed by atoms with Crippen molar-refractivity contribution in [3.8, 4) is 5.75 Å². The van der Waals surface area contributed by atoms with Crippen LogP contribution in [-0.2, 0) is 0 Å².